The van der Waals surface area contributed by atoms with E-state index in [-0.39, 0.29) is 0 Å². The second-order valence-corrected chi connectivity index (χ2v) is 6.68. The number of nitrogens with two attached hydrogens (primary N) is 1. The molecule has 0 spiro atoms. The Morgan fingerprint density at radius 1 is 1.26 bits per heavy atom. The maximum atomic E-state index is 5.93. The number of methoxy groups -OCH3 is 1. The zero-order valence-electron chi connectivity index (χ0n) is 14.6. The van der Waals surface area contributed by atoms with Crippen LogP contribution in [0.4, 0.5) is 5.69 Å². The molecule has 1 heterocycles. The molecule has 3 N–H and O–H groups in total. The van der Waals surface area contributed by atoms with Gasteiger partial charge in [-0.15, -0.1) is 0 Å². The molecule has 2 unspecified atom stereocenters. The van der Waals surface area contributed by atoms with E-state index in [1.807, 2.05) is 24.3 Å². The molecule has 1 aliphatic rings. The fourth-order valence-electron chi connectivity index (χ4n) is 3.33. The minimum atomic E-state index is 0.468. The molecular weight excluding hydrogens is 288 g/mol. The van der Waals surface area contributed by atoms with E-state index in [0.29, 0.717) is 5.96 Å². The van der Waals surface area contributed by atoms with E-state index in [1.54, 1.807) is 7.11 Å². The molecule has 0 radical (unpaired) electrons. The van der Waals surface area contributed by atoms with Crippen LogP contribution in [0.3, 0.4) is 0 Å². The molecule has 5 heteroatoms. The highest BCUT2D eigenvalue weighted by Crippen LogP contribution is 2.20. The molecule has 0 amide bonds. The number of guanidine groups is 1. The number of hydrogen-bond donors (Lipinski definition) is 2. The predicted octanol–water partition coefficient (Wildman–Crippen LogP) is 2.79. The minimum absolute atomic E-state index is 0.468. The molecule has 1 aromatic carbocycles. The van der Waals surface area contributed by atoms with Gasteiger partial charge in [0.1, 0.15) is 5.75 Å². The number of nitrogens with zero attached hydrogens (tertiary/aromatic N) is 2. The van der Waals surface area contributed by atoms with Crippen molar-refractivity contribution in [3.8, 4) is 5.75 Å². The molecule has 0 aliphatic carbocycles. The van der Waals surface area contributed by atoms with Crippen LogP contribution >= 0.6 is 0 Å². The van der Waals surface area contributed by atoms with Gasteiger partial charge >= 0.3 is 0 Å². The van der Waals surface area contributed by atoms with E-state index >= 15 is 0 Å². The van der Waals surface area contributed by atoms with Gasteiger partial charge in [-0.3, -0.25) is 4.99 Å². The first-order chi connectivity index (χ1) is 11.1. The van der Waals surface area contributed by atoms with Crippen LogP contribution in [-0.2, 0) is 0 Å². The van der Waals surface area contributed by atoms with Crippen LogP contribution in [0.5, 0.6) is 5.75 Å². The Morgan fingerprint density at radius 3 is 2.52 bits per heavy atom. The van der Waals surface area contributed by atoms with Gasteiger partial charge < -0.3 is 20.7 Å². The lowest BCUT2D eigenvalue weighted by Crippen LogP contribution is -2.39. The number of nitrogens with one attached hydrogen (secondary N) is 1. The fourth-order valence-corrected chi connectivity index (χ4v) is 3.33. The zero-order valence-corrected chi connectivity index (χ0v) is 14.6. The van der Waals surface area contributed by atoms with E-state index in [9.17, 15) is 0 Å². The first kappa shape index (κ1) is 17.6. The highest BCUT2D eigenvalue weighted by molar-refractivity contribution is 5.92. The lowest BCUT2D eigenvalue weighted by atomic mass is 9.92. The number of piperidine rings is 1. The molecule has 23 heavy (non-hydrogen) atoms. The van der Waals surface area contributed by atoms with Crippen molar-refractivity contribution < 1.29 is 4.74 Å². The molecule has 0 saturated carbocycles. The predicted molar refractivity (Wildman–Crippen MR) is 97.1 cm³/mol. The number of hydrogen-bond acceptors (Lipinski definition) is 3. The monoisotopic (exact) mass is 318 g/mol. The number of anilines is 1. The summed E-state index contributed by atoms with van der Waals surface area (Å²) in [7, 11) is 1.65. The van der Waals surface area contributed by atoms with Crippen LogP contribution in [-0.4, -0.2) is 44.1 Å². The maximum Gasteiger partial charge on any atom is 0.193 e. The molecule has 128 valence electrons. The average Bonchev–Trinajstić information content (AvgIpc) is 2.51. The van der Waals surface area contributed by atoms with Gasteiger partial charge in [-0.25, -0.2) is 0 Å². The van der Waals surface area contributed by atoms with Crippen LogP contribution in [0.2, 0.25) is 0 Å². The van der Waals surface area contributed by atoms with Gasteiger partial charge in [-0.1, -0.05) is 13.8 Å². The van der Waals surface area contributed by atoms with Gasteiger partial charge in [0.25, 0.3) is 0 Å². The van der Waals surface area contributed by atoms with Crippen LogP contribution in [0.15, 0.2) is 29.3 Å². The quantitative estimate of drug-likeness (QED) is 0.481. The van der Waals surface area contributed by atoms with E-state index in [2.05, 4.69) is 29.1 Å². The third-order valence-corrected chi connectivity index (χ3v) is 4.22. The lowest BCUT2D eigenvalue weighted by Gasteiger charge is -2.34. The summed E-state index contributed by atoms with van der Waals surface area (Å²) < 4.78 is 5.13. The van der Waals surface area contributed by atoms with Crippen molar-refractivity contribution in [2.75, 3.05) is 38.6 Å². The van der Waals surface area contributed by atoms with Gasteiger partial charge in [0.2, 0.25) is 0 Å². The van der Waals surface area contributed by atoms with E-state index in [1.165, 1.54) is 19.5 Å². The fraction of sp³-hybridized carbons (Fsp3) is 0.611. The highest BCUT2D eigenvalue weighted by atomic mass is 16.5. The van der Waals surface area contributed by atoms with Crippen molar-refractivity contribution in [2.45, 2.75) is 26.7 Å². The molecule has 0 aromatic heterocycles. The zero-order chi connectivity index (χ0) is 16.7. The smallest absolute Gasteiger partial charge is 0.193 e. The van der Waals surface area contributed by atoms with Gasteiger partial charge in [0.05, 0.1) is 7.11 Å². The molecule has 1 saturated heterocycles. The Labute approximate surface area is 139 Å². The molecule has 1 aliphatic heterocycles. The highest BCUT2D eigenvalue weighted by Gasteiger charge is 2.20. The summed E-state index contributed by atoms with van der Waals surface area (Å²) in [5.41, 5.74) is 6.86. The number of benzene rings is 1. The molecule has 2 rings (SSSR count). The van der Waals surface area contributed by atoms with E-state index < -0.39 is 0 Å². The second kappa shape index (κ2) is 8.77. The first-order valence-electron chi connectivity index (χ1n) is 8.50. The normalized spacial score (nSPS) is 22.8. The second-order valence-electron chi connectivity index (χ2n) is 6.68. The molecule has 1 fully saturated rings. The third-order valence-electron chi connectivity index (χ3n) is 4.22. The average molecular weight is 318 g/mol. The van der Waals surface area contributed by atoms with Crippen LogP contribution in [0.1, 0.15) is 26.7 Å². The van der Waals surface area contributed by atoms with Crippen molar-refractivity contribution in [3.63, 3.8) is 0 Å². The summed E-state index contributed by atoms with van der Waals surface area (Å²) >= 11 is 0. The Morgan fingerprint density at radius 2 is 1.91 bits per heavy atom. The molecule has 1 aromatic rings. The minimum Gasteiger partial charge on any atom is -0.497 e. The topological polar surface area (TPSA) is 62.9 Å². The molecule has 2 atom stereocenters. The van der Waals surface area contributed by atoms with E-state index in [4.69, 9.17) is 10.5 Å². The lowest BCUT2D eigenvalue weighted by molar-refractivity contribution is 0.140. The summed E-state index contributed by atoms with van der Waals surface area (Å²) in [6, 6.07) is 7.65. The standard InChI is InChI=1S/C18H30N4O/c1-14-11-15(2)13-22(12-14)10-4-9-20-18(19)21-16-5-7-17(23-3)8-6-16/h5-8,14-15H,4,9-13H2,1-3H3,(H3,19,20,21). The number of likely N-dealkylation sites (tertiary alicyclic amines) is 1. The van der Waals surface area contributed by atoms with Gasteiger partial charge in [-0.2, -0.15) is 0 Å². The van der Waals surface area contributed by atoms with Gasteiger partial charge in [-0.05, 0) is 55.5 Å². The summed E-state index contributed by atoms with van der Waals surface area (Å²) in [5.74, 6) is 2.92. The summed E-state index contributed by atoms with van der Waals surface area (Å²) in [6.45, 7) is 8.98. The molecular formula is C18H30N4O. The van der Waals surface area contributed by atoms with Crippen molar-refractivity contribution in [1.82, 2.24) is 4.90 Å². The number of rotatable bonds is 6. The number of aliphatic imine (C=N–C) groups is 1. The SMILES string of the molecule is COc1ccc(NC(N)=NCCCN2CC(C)CC(C)C2)cc1. The van der Waals surface area contributed by atoms with Crippen molar-refractivity contribution in [1.29, 1.82) is 0 Å². The van der Waals surface area contributed by atoms with Crippen molar-refractivity contribution in [3.05, 3.63) is 24.3 Å². The first-order valence-corrected chi connectivity index (χ1v) is 8.50. The van der Waals surface area contributed by atoms with Crippen LogP contribution in [0.25, 0.3) is 0 Å². The molecule has 5 nitrogen and oxygen atoms in total. The Balaban J connectivity index is 1.70. The third kappa shape index (κ3) is 6.10. The Kier molecular flexibility index (Phi) is 6.71. The molecule has 0 bridgehead atoms. The van der Waals surface area contributed by atoms with Crippen molar-refractivity contribution >= 4 is 11.6 Å². The summed E-state index contributed by atoms with van der Waals surface area (Å²) in [5, 5.41) is 3.10. The largest absolute Gasteiger partial charge is 0.497 e. The Bertz CT molecular complexity index is 490. The summed E-state index contributed by atoms with van der Waals surface area (Å²) in [6.07, 6.45) is 2.40. The van der Waals surface area contributed by atoms with Crippen LogP contribution in [0, 0.1) is 11.8 Å². The summed E-state index contributed by atoms with van der Waals surface area (Å²) in [4.78, 5) is 6.97. The Hall–Kier alpha value is -1.75. The van der Waals surface area contributed by atoms with Gasteiger partial charge in [0, 0.05) is 25.3 Å². The van der Waals surface area contributed by atoms with Crippen molar-refractivity contribution in [2.24, 2.45) is 22.6 Å². The van der Waals surface area contributed by atoms with E-state index in [0.717, 1.165) is 42.8 Å². The number of ether oxygens (including phenoxy) is 1. The van der Waals surface area contributed by atoms with Gasteiger partial charge in [0.15, 0.2) is 5.96 Å². The maximum absolute atomic E-state index is 5.93. The van der Waals surface area contributed by atoms with Crippen LogP contribution < -0.4 is 15.8 Å².